The van der Waals surface area contributed by atoms with Crippen LogP contribution in [-0.4, -0.2) is 54.9 Å². The Bertz CT molecular complexity index is 832. The van der Waals surface area contributed by atoms with Gasteiger partial charge in [-0.2, -0.15) is 0 Å². The number of methoxy groups -OCH3 is 2. The van der Waals surface area contributed by atoms with Crippen molar-refractivity contribution in [1.29, 1.82) is 0 Å². The van der Waals surface area contributed by atoms with Crippen molar-refractivity contribution in [2.75, 3.05) is 38.8 Å². The zero-order valence-electron chi connectivity index (χ0n) is 15.8. The highest BCUT2D eigenvalue weighted by Gasteiger charge is 2.23. The van der Waals surface area contributed by atoms with Crippen molar-refractivity contribution >= 4 is 11.7 Å². The summed E-state index contributed by atoms with van der Waals surface area (Å²) in [7, 11) is 3.30. The quantitative estimate of drug-likeness (QED) is 0.825. The average molecular weight is 368 g/mol. The Morgan fingerprint density at radius 1 is 0.963 bits per heavy atom. The second-order valence-electron chi connectivity index (χ2n) is 6.92. The summed E-state index contributed by atoms with van der Waals surface area (Å²) in [4.78, 5) is 16.4. The second-order valence-corrected chi connectivity index (χ2v) is 6.92. The van der Waals surface area contributed by atoms with Gasteiger partial charge in [-0.15, -0.1) is 10.2 Å². The maximum Gasteiger partial charge on any atom is 0.274 e. The molecule has 0 aliphatic carbocycles. The van der Waals surface area contributed by atoms with Crippen LogP contribution >= 0.6 is 0 Å². The lowest BCUT2D eigenvalue weighted by molar-refractivity contribution is 0.0786. The molecule has 1 aromatic carbocycles. The SMILES string of the molecule is COc1cc2c(cc1OC)CN(c1ccc(C(=O)N3CCCC3)nn1)CC2. The molecule has 0 N–H and O–H groups in total. The standard InChI is InChI=1S/C20H24N4O3/c1-26-17-11-14-7-10-24(13-15(14)12-18(17)27-2)19-6-5-16(21-22-19)20(25)23-8-3-4-9-23/h5-6,11-12H,3-4,7-10,13H2,1-2H3. The molecule has 2 aliphatic heterocycles. The molecular weight excluding hydrogens is 344 g/mol. The number of amides is 1. The van der Waals surface area contributed by atoms with E-state index in [0.717, 1.165) is 62.8 Å². The van der Waals surface area contributed by atoms with Gasteiger partial charge < -0.3 is 19.3 Å². The lowest BCUT2D eigenvalue weighted by Gasteiger charge is -2.30. The molecule has 0 spiro atoms. The van der Waals surface area contributed by atoms with Gasteiger partial charge in [-0.1, -0.05) is 0 Å². The van der Waals surface area contributed by atoms with Gasteiger partial charge in [0.25, 0.3) is 5.91 Å². The van der Waals surface area contributed by atoms with Gasteiger partial charge in [0.2, 0.25) is 0 Å². The molecular formula is C20H24N4O3. The molecule has 27 heavy (non-hydrogen) atoms. The molecule has 1 aromatic heterocycles. The lowest BCUT2D eigenvalue weighted by Crippen LogP contribution is -2.32. The van der Waals surface area contributed by atoms with Crippen LogP contribution in [0, 0.1) is 0 Å². The van der Waals surface area contributed by atoms with Gasteiger partial charge in [0.05, 0.1) is 14.2 Å². The van der Waals surface area contributed by atoms with E-state index in [9.17, 15) is 4.79 Å². The number of nitrogens with zero attached hydrogens (tertiary/aromatic N) is 4. The fourth-order valence-electron chi connectivity index (χ4n) is 3.77. The van der Waals surface area contributed by atoms with Crippen molar-refractivity contribution in [2.24, 2.45) is 0 Å². The van der Waals surface area contributed by atoms with Crippen molar-refractivity contribution < 1.29 is 14.3 Å². The summed E-state index contributed by atoms with van der Waals surface area (Å²) in [6.45, 7) is 3.20. The molecule has 142 valence electrons. The number of benzene rings is 1. The highest BCUT2D eigenvalue weighted by molar-refractivity contribution is 5.92. The largest absolute Gasteiger partial charge is 0.493 e. The predicted octanol–water partition coefficient (Wildman–Crippen LogP) is 2.29. The molecule has 0 unspecified atom stereocenters. The zero-order valence-corrected chi connectivity index (χ0v) is 15.8. The van der Waals surface area contributed by atoms with Gasteiger partial charge in [-0.3, -0.25) is 4.79 Å². The minimum absolute atomic E-state index is 0.0210. The third-order valence-corrected chi connectivity index (χ3v) is 5.30. The van der Waals surface area contributed by atoms with Gasteiger partial charge >= 0.3 is 0 Å². The lowest BCUT2D eigenvalue weighted by atomic mass is 9.99. The third-order valence-electron chi connectivity index (χ3n) is 5.30. The van der Waals surface area contributed by atoms with Gasteiger partial charge in [0.15, 0.2) is 23.0 Å². The number of fused-ring (bicyclic) bond motifs is 1. The highest BCUT2D eigenvalue weighted by Crippen LogP contribution is 2.34. The number of hydrogen-bond acceptors (Lipinski definition) is 6. The highest BCUT2D eigenvalue weighted by atomic mass is 16.5. The van der Waals surface area contributed by atoms with E-state index in [2.05, 4.69) is 21.2 Å². The number of carbonyl (C=O) groups is 1. The van der Waals surface area contributed by atoms with Crippen molar-refractivity contribution in [2.45, 2.75) is 25.8 Å². The molecule has 2 aliphatic rings. The summed E-state index contributed by atoms with van der Waals surface area (Å²) in [5, 5.41) is 8.50. The summed E-state index contributed by atoms with van der Waals surface area (Å²) in [6, 6.07) is 7.75. The number of anilines is 1. The fourth-order valence-corrected chi connectivity index (χ4v) is 3.77. The second kappa shape index (κ2) is 7.42. The number of ether oxygens (including phenoxy) is 2. The Balaban J connectivity index is 1.51. The first-order chi connectivity index (χ1) is 13.2. The Morgan fingerprint density at radius 2 is 1.67 bits per heavy atom. The number of hydrogen-bond donors (Lipinski definition) is 0. The first-order valence-electron chi connectivity index (χ1n) is 9.31. The van der Waals surface area contributed by atoms with Crippen LogP contribution in [0.4, 0.5) is 5.82 Å². The van der Waals surface area contributed by atoms with E-state index < -0.39 is 0 Å². The van der Waals surface area contributed by atoms with Crippen LogP contribution in [0.25, 0.3) is 0 Å². The molecule has 2 aromatic rings. The maximum atomic E-state index is 12.4. The van der Waals surface area contributed by atoms with E-state index in [4.69, 9.17) is 9.47 Å². The molecule has 7 nitrogen and oxygen atoms in total. The number of rotatable bonds is 4. The van der Waals surface area contributed by atoms with Crippen LogP contribution in [0.2, 0.25) is 0 Å². The number of carbonyl (C=O) groups excluding carboxylic acids is 1. The molecule has 1 amide bonds. The molecule has 0 radical (unpaired) electrons. The number of aromatic nitrogens is 2. The third kappa shape index (κ3) is 3.41. The smallest absolute Gasteiger partial charge is 0.274 e. The zero-order chi connectivity index (χ0) is 18.8. The summed E-state index contributed by atoms with van der Waals surface area (Å²) < 4.78 is 10.8. The Labute approximate surface area is 158 Å². The van der Waals surface area contributed by atoms with Crippen LogP contribution in [-0.2, 0) is 13.0 Å². The van der Waals surface area contributed by atoms with E-state index in [0.29, 0.717) is 5.69 Å². The van der Waals surface area contributed by atoms with Crippen molar-refractivity contribution in [3.05, 3.63) is 41.1 Å². The van der Waals surface area contributed by atoms with E-state index in [1.54, 1.807) is 20.3 Å². The molecule has 7 heteroatoms. The predicted molar refractivity (Wildman–Crippen MR) is 101 cm³/mol. The van der Waals surface area contributed by atoms with Gasteiger partial charge in [0, 0.05) is 26.2 Å². The molecule has 1 fully saturated rings. The van der Waals surface area contributed by atoms with Gasteiger partial charge in [-0.25, -0.2) is 0 Å². The number of likely N-dealkylation sites (tertiary alicyclic amines) is 1. The van der Waals surface area contributed by atoms with Crippen molar-refractivity contribution in [3.63, 3.8) is 0 Å². The fraction of sp³-hybridized carbons (Fsp3) is 0.450. The summed E-state index contributed by atoms with van der Waals surface area (Å²) in [6.07, 6.45) is 3.03. The summed E-state index contributed by atoms with van der Waals surface area (Å²) in [5.74, 6) is 2.26. The monoisotopic (exact) mass is 368 g/mol. The summed E-state index contributed by atoms with van der Waals surface area (Å²) >= 11 is 0. The summed E-state index contributed by atoms with van der Waals surface area (Å²) in [5.41, 5.74) is 2.88. The molecule has 1 saturated heterocycles. The minimum Gasteiger partial charge on any atom is -0.493 e. The van der Waals surface area contributed by atoms with E-state index in [1.807, 2.05) is 17.0 Å². The first-order valence-corrected chi connectivity index (χ1v) is 9.31. The van der Waals surface area contributed by atoms with E-state index in [1.165, 1.54) is 11.1 Å². The van der Waals surface area contributed by atoms with E-state index >= 15 is 0 Å². The van der Waals surface area contributed by atoms with Crippen molar-refractivity contribution in [3.8, 4) is 11.5 Å². The van der Waals surface area contributed by atoms with Crippen LogP contribution in [0.3, 0.4) is 0 Å². The Kier molecular flexibility index (Phi) is 4.83. The molecule has 0 atom stereocenters. The Hall–Kier alpha value is -2.83. The minimum atomic E-state index is -0.0210. The van der Waals surface area contributed by atoms with Crippen LogP contribution in [0.15, 0.2) is 24.3 Å². The molecule has 0 bridgehead atoms. The molecule has 4 rings (SSSR count). The van der Waals surface area contributed by atoms with Gasteiger partial charge in [-0.05, 0) is 54.7 Å². The Morgan fingerprint density at radius 3 is 2.30 bits per heavy atom. The molecule has 0 saturated carbocycles. The van der Waals surface area contributed by atoms with E-state index in [-0.39, 0.29) is 5.91 Å². The average Bonchev–Trinajstić information content (AvgIpc) is 3.26. The maximum absolute atomic E-state index is 12.4. The first kappa shape index (κ1) is 17.6. The molecule has 3 heterocycles. The van der Waals surface area contributed by atoms with Crippen LogP contribution < -0.4 is 14.4 Å². The van der Waals surface area contributed by atoms with Crippen LogP contribution in [0.1, 0.15) is 34.5 Å². The normalized spacial score (nSPS) is 16.2. The van der Waals surface area contributed by atoms with Crippen molar-refractivity contribution in [1.82, 2.24) is 15.1 Å². The topological polar surface area (TPSA) is 67.8 Å². The van der Waals surface area contributed by atoms with Crippen LogP contribution in [0.5, 0.6) is 11.5 Å². The van der Waals surface area contributed by atoms with Gasteiger partial charge in [0.1, 0.15) is 0 Å².